The van der Waals surface area contributed by atoms with E-state index in [1.807, 2.05) is 0 Å². The van der Waals surface area contributed by atoms with Gasteiger partial charge in [0.1, 0.15) is 0 Å². The Morgan fingerprint density at radius 3 is 2.85 bits per heavy atom. The van der Waals surface area contributed by atoms with Crippen LogP contribution in [0.25, 0.3) is 0 Å². The molecule has 1 rings (SSSR count). The molecule has 0 atom stereocenters. The molecule has 1 aromatic rings. The Labute approximate surface area is 74.0 Å². The van der Waals surface area contributed by atoms with E-state index in [1.165, 1.54) is 13.0 Å². The third kappa shape index (κ3) is 2.58. The van der Waals surface area contributed by atoms with Crippen molar-refractivity contribution in [2.24, 2.45) is 0 Å². The molecule has 0 spiro atoms. The molecule has 3 N–H and O–H groups in total. The summed E-state index contributed by atoms with van der Waals surface area (Å²) in [4.78, 5) is 20.9. The van der Waals surface area contributed by atoms with Crippen LogP contribution in [0.2, 0.25) is 0 Å². The van der Waals surface area contributed by atoms with E-state index in [1.54, 1.807) is 0 Å². The van der Waals surface area contributed by atoms with E-state index in [2.05, 4.69) is 15.5 Å². The van der Waals surface area contributed by atoms with Gasteiger partial charge in [0.2, 0.25) is 5.91 Å². The van der Waals surface area contributed by atoms with Crippen LogP contribution < -0.4 is 5.32 Å². The van der Waals surface area contributed by atoms with Crippen LogP contribution in [-0.4, -0.2) is 27.2 Å². The van der Waals surface area contributed by atoms with Gasteiger partial charge >= 0.3 is 5.97 Å². The summed E-state index contributed by atoms with van der Waals surface area (Å²) in [5.74, 6) is -1.27. The summed E-state index contributed by atoms with van der Waals surface area (Å²) < 4.78 is 0. The maximum atomic E-state index is 10.5. The number of nitrogens with one attached hydrogen (secondary N) is 2. The summed E-state index contributed by atoms with van der Waals surface area (Å²) >= 11 is 0. The largest absolute Gasteiger partial charge is 0.476 e. The molecule has 70 valence electrons. The zero-order chi connectivity index (χ0) is 9.84. The second kappa shape index (κ2) is 3.70. The first-order chi connectivity index (χ1) is 6.09. The molecule has 0 aliphatic heterocycles. The van der Waals surface area contributed by atoms with E-state index in [-0.39, 0.29) is 18.1 Å². The summed E-state index contributed by atoms with van der Waals surface area (Å²) in [6.45, 7) is 1.64. The van der Waals surface area contributed by atoms with E-state index in [0.717, 1.165) is 0 Å². The predicted octanol–water partition coefficient (Wildman–Crippen LogP) is -0.256. The Morgan fingerprint density at radius 2 is 2.38 bits per heavy atom. The first-order valence-electron chi connectivity index (χ1n) is 3.61. The number of H-pyrrole nitrogens is 1. The maximum Gasteiger partial charge on any atom is 0.356 e. The van der Waals surface area contributed by atoms with Crippen molar-refractivity contribution in [2.75, 3.05) is 0 Å². The molecule has 13 heavy (non-hydrogen) atoms. The van der Waals surface area contributed by atoms with Crippen LogP contribution in [0, 0.1) is 0 Å². The van der Waals surface area contributed by atoms with Crippen LogP contribution in [0.5, 0.6) is 0 Å². The molecule has 1 aromatic heterocycles. The van der Waals surface area contributed by atoms with Crippen molar-refractivity contribution in [3.8, 4) is 0 Å². The molecule has 0 radical (unpaired) electrons. The van der Waals surface area contributed by atoms with Gasteiger partial charge in [-0.3, -0.25) is 9.89 Å². The van der Waals surface area contributed by atoms with E-state index in [9.17, 15) is 9.59 Å². The molecule has 0 bridgehead atoms. The number of nitrogens with zero attached hydrogens (tertiary/aromatic N) is 1. The van der Waals surface area contributed by atoms with Crippen LogP contribution in [0.4, 0.5) is 0 Å². The van der Waals surface area contributed by atoms with Crippen LogP contribution in [-0.2, 0) is 11.3 Å². The molecule has 6 heteroatoms. The number of carboxylic acids is 1. The van der Waals surface area contributed by atoms with Crippen LogP contribution in [0.3, 0.4) is 0 Å². The molecule has 0 unspecified atom stereocenters. The van der Waals surface area contributed by atoms with Gasteiger partial charge in [-0.25, -0.2) is 4.79 Å². The predicted molar refractivity (Wildman–Crippen MR) is 43.1 cm³/mol. The van der Waals surface area contributed by atoms with Crippen molar-refractivity contribution in [3.05, 3.63) is 17.5 Å². The number of aromatic nitrogens is 2. The molecular weight excluding hydrogens is 174 g/mol. The molecule has 6 nitrogen and oxygen atoms in total. The van der Waals surface area contributed by atoms with E-state index in [0.29, 0.717) is 5.69 Å². The average Bonchev–Trinajstić information content (AvgIpc) is 2.48. The number of aromatic carboxylic acids is 1. The van der Waals surface area contributed by atoms with Gasteiger partial charge in [0.05, 0.1) is 12.2 Å². The zero-order valence-electron chi connectivity index (χ0n) is 7.00. The van der Waals surface area contributed by atoms with Crippen molar-refractivity contribution in [2.45, 2.75) is 13.5 Å². The van der Waals surface area contributed by atoms with E-state index >= 15 is 0 Å². The first kappa shape index (κ1) is 9.24. The minimum Gasteiger partial charge on any atom is -0.476 e. The van der Waals surface area contributed by atoms with Gasteiger partial charge in [-0.05, 0) is 6.07 Å². The third-order valence-electron chi connectivity index (χ3n) is 1.38. The number of carbonyl (C=O) groups is 2. The van der Waals surface area contributed by atoms with Crippen LogP contribution in [0.15, 0.2) is 6.07 Å². The number of rotatable bonds is 3. The first-order valence-corrected chi connectivity index (χ1v) is 3.61. The third-order valence-corrected chi connectivity index (χ3v) is 1.38. The smallest absolute Gasteiger partial charge is 0.356 e. The van der Waals surface area contributed by atoms with Gasteiger partial charge in [0.15, 0.2) is 5.69 Å². The van der Waals surface area contributed by atoms with Gasteiger partial charge in [-0.2, -0.15) is 5.10 Å². The second-order valence-corrected chi connectivity index (χ2v) is 2.49. The summed E-state index contributed by atoms with van der Waals surface area (Å²) in [7, 11) is 0. The monoisotopic (exact) mass is 183 g/mol. The van der Waals surface area contributed by atoms with E-state index in [4.69, 9.17) is 5.11 Å². The normalized spacial score (nSPS) is 9.62. The molecule has 0 aliphatic carbocycles. The molecule has 0 saturated carbocycles. The van der Waals surface area contributed by atoms with Crippen LogP contribution in [0.1, 0.15) is 23.1 Å². The zero-order valence-corrected chi connectivity index (χ0v) is 7.00. The van der Waals surface area contributed by atoms with Gasteiger partial charge in [0, 0.05) is 6.92 Å². The lowest BCUT2D eigenvalue weighted by molar-refractivity contribution is -0.119. The molecule has 1 amide bonds. The molecule has 0 fully saturated rings. The summed E-state index contributed by atoms with van der Waals surface area (Å²) in [5, 5.41) is 17.0. The van der Waals surface area contributed by atoms with Gasteiger partial charge in [-0.1, -0.05) is 0 Å². The number of amides is 1. The fourth-order valence-electron chi connectivity index (χ4n) is 0.781. The highest BCUT2D eigenvalue weighted by Gasteiger charge is 2.07. The minimum absolute atomic E-state index is 0.0552. The highest BCUT2D eigenvalue weighted by atomic mass is 16.4. The maximum absolute atomic E-state index is 10.5. The minimum atomic E-state index is -1.09. The average molecular weight is 183 g/mol. The quantitative estimate of drug-likeness (QED) is 0.601. The van der Waals surface area contributed by atoms with Crippen LogP contribution >= 0.6 is 0 Å². The second-order valence-electron chi connectivity index (χ2n) is 2.49. The molecule has 0 aliphatic rings. The van der Waals surface area contributed by atoms with Crippen molar-refractivity contribution < 1.29 is 14.7 Å². The molecular formula is C7H9N3O3. The van der Waals surface area contributed by atoms with Crippen molar-refractivity contribution in [3.63, 3.8) is 0 Å². The Balaban J connectivity index is 2.59. The van der Waals surface area contributed by atoms with Crippen molar-refractivity contribution in [1.82, 2.24) is 15.5 Å². The number of carboxylic acid groups (broad SMARTS) is 1. The van der Waals surface area contributed by atoms with Crippen molar-refractivity contribution in [1.29, 1.82) is 0 Å². The highest BCUT2D eigenvalue weighted by molar-refractivity contribution is 5.85. The Morgan fingerprint density at radius 1 is 1.69 bits per heavy atom. The van der Waals surface area contributed by atoms with E-state index < -0.39 is 5.97 Å². The Bertz CT molecular complexity index is 331. The molecule has 0 saturated heterocycles. The number of hydrogen-bond acceptors (Lipinski definition) is 3. The fourth-order valence-corrected chi connectivity index (χ4v) is 0.781. The van der Waals surface area contributed by atoms with Gasteiger partial charge in [-0.15, -0.1) is 0 Å². The standard InChI is InChI=1S/C7H9N3O3/c1-4(11)8-3-5-2-6(7(12)13)10-9-5/h2H,3H2,1H3,(H,8,11)(H,9,10)(H,12,13). The number of aromatic amines is 1. The summed E-state index contributed by atoms with van der Waals surface area (Å²) in [6.07, 6.45) is 0. The van der Waals surface area contributed by atoms with Gasteiger partial charge in [0.25, 0.3) is 0 Å². The lowest BCUT2D eigenvalue weighted by Gasteiger charge is -1.96. The van der Waals surface area contributed by atoms with Crippen molar-refractivity contribution >= 4 is 11.9 Å². The highest BCUT2D eigenvalue weighted by Crippen LogP contribution is 1.98. The topological polar surface area (TPSA) is 95.1 Å². The number of hydrogen-bond donors (Lipinski definition) is 3. The fraction of sp³-hybridized carbons (Fsp3) is 0.286. The lowest BCUT2D eigenvalue weighted by atomic mass is 10.3. The Kier molecular flexibility index (Phi) is 2.63. The Hall–Kier alpha value is -1.85. The summed E-state index contributed by atoms with van der Waals surface area (Å²) in [5.41, 5.74) is 0.507. The number of carbonyl (C=O) groups excluding carboxylic acids is 1. The molecule has 1 heterocycles. The summed E-state index contributed by atoms with van der Waals surface area (Å²) in [6, 6.07) is 1.37. The SMILES string of the molecule is CC(=O)NCc1cc(C(=O)O)n[nH]1. The van der Waals surface area contributed by atoms with Gasteiger partial charge < -0.3 is 10.4 Å². The lowest BCUT2D eigenvalue weighted by Crippen LogP contribution is -2.19. The molecule has 0 aromatic carbocycles.